The lowest BCUT2D eigenvalue weighted by molar-refractivity contribution is 0.813. The maximum absolute atomic E-state index is 13.1. The summed E-state index contributed by atoms with van der Waals surface area (Å²) in [6, 6.07) is 15.8. The summed E-state index contributed by atoms with van der Waals surface area (Å²) in [5, 5.41) is 5.24. The zero-order chi connectivity index (χ0) is 18.8. The van der Waals surface area contributed by atoms with Crippen LogP contribution in [0.2, 0.25) is 10.0 Å². The molecule has 3 aromatic heterocycles. The molecule has 0 saturated carbocycles. The summed E-state index contributed by atoms with van der Waals surface area (Å²) in [7, 11) is 0. The fraction of sp³-hybridized carbons (Fsp3) is 0. The van der Waals surface area contributed by atoms with Crippen molar-refractivity contribution in [1.82, 2.24) is 19.7 Å². The number of pyridine rings is 2. The van der Waals surface area contributed by atoms with Crippen molar-refractivity contribution in [2.24, 2.45) is 0 Å². The third-order valence-electron chi connectivity index (χ3n) is 3.96. The molecule has 132 valence electrons. The van der Waals surface area contributed by atoms with E-state index in [1.807, 2.05) is 24.3 Å². The van der Waals surface area contributed by atoms with Crippen molar-refractivity contribution in [3.8, 4) is 28.2 Å². The van der Waals surface area contributed by atoms with Crippen LogP contribution in [-0.2, 0) is 0 Å². The van der Waals surface area contributed by atoms with E-state index in [0.29, 0.717) is 38.2 Å². The van der Waals surface area contributed by atoms with Crippen LogP contribution in [0, 0.1) is 0 Å². The molecule has 0 radical (unpaired) electrons. The Morgan fingerprint density at radius 1 is 0.852 bits per heavy atom. The largest absolute Gasteiger partial charge is 0.279 e. The van der Waals surface area contributed by atoms with Crippen molar-refractivity contribution >= 4 is 23.2 Å². The lowest BCUT2D eigenvalue weighted by Crippen LogP contribution is -2.23. The highest BCUT2D eigenvalue weighted by Crippen LogP contribution is 2.25. The van der Waals surface area contributed by atoms with Crippen LogP contribution in [-0.4, -0.2) is 19.7 Å². The zero-order valence-corrected chi connectivity index (χ0v) is 15.4. The first-order chi connectivity index (χ1) is 13.1. The van der Waals surface area contributed by atoms with Gasteiger partial charge in [0.1, 0.15) is 5.69 Å². The molecule has 0 aliphatic carbocycles. The minimum absolute atomic E-state index is 0.291. The van der Waals surface area contributed by atoms with Crippen molar-refractivity contribution < 1.29 is 0 Å². The van der Waals surface area contributed by atoms with Crippen LogP contribution in [0.5, 0.6) is 0 Å². The van der Waals surface area contributed by atoms with Crippen LogP contribution >= 0.6 is 23.2 Å². The first-order valence-corrected chi connectivity index (χ1v) is 8.81. The predicted molar refractivity (Wildman–Crippen MR) is 106 cm³/mol. The van der Waals surface area contributed by atoms with Crippen molar-refractivity contribution in [1.29, 1.82) is 0 Å². The van der Waals surface area contributed by atoms with E-state index in [1.54, 1.807) is 48.9 Å². The number of hydrogen-bond donors (Lipinski definition) is 0. The summed E-state index contributed by atoms with van der Waals surface area (Å²) in [5.41, 5.74) is 2.58. The van der Waals surface area contributed by atoms with E-state index >= 15 is 0 Å². The zero-order valence-electron chi connectivity index (χ0n) is 13.9. The van der Waals surface area contributed by atoms with Gasteiger partial charge in [0.2, 0.25) is 0 Å². The monoisotopic (exact) mass is 394 g/mol. The second kappa shape index (κ2) is 7.31. The van der Waals surface area contributed by atoms with E-state index in [1.165, 1.54) is 4.68 Å². The Morgan fingerprint density at radius 3 is 2.44 bits per heavy atom. The molecule has 27 heavy (non-hydrogen) atoms. The summed E-state index contributed by atoms with van der Waals surface area (Å²) in [4.78, 5) is 21.6. The second-order valence-corrected chi connectivity index (χ2v) is 6.53. The molecule has 0 aliphatic heterocycles. The molecule has 7 heteroatoms. The molecular weight excluding hydrogens is 383 g/mol. The van der Waals surface area contributed by atoms with Crippen LogP contribution in [0.3, 0.4) is 0 Å². The summed E-state index contributed by atoms with van der Waals surface area (Å²) < 4.78 is 1.30. The van der Waals surface area contributed by atoms with Crippen LogP contribution in [0.4, 0.5) is 0 Å². The SMILES string of the molecule is O=c1c(-c2cccnc2)cc(-c2ccccn2)nn1-c1ccc(Cl)c(Cl)c1. The van der Waals surface area contributed by atoms with Gasteiger partial charge in [0.25, 0.3) is 5.56 Å². The van der Waals surface area contributed by atoms with Crippen molar-refractivity contribution in [3.05, 3.63) is 93.6 Å². The summed E-state index contributed by atoms with van der Waals surface area (Å²) in [6.07, 6.45) is 4.97. The Balaban J connectivity index is 2.00. The minimum Gasteiger partial charge on any atom is -0.267 e. The fourth-order valence-corrected chi connectivity index (χ4v) is 2.95. The van der Waals surface area contributed by atoms with Crippen molar-refractivity contribution in [3.63, 3.8) is 0 Å². The highest BCUT2D eigenvalue weighted by Gasteiger charge is 2.14. The molecule has 4 rings (SSSR count). The van der Waals surface area contributed by atoms with Gasteiger partial charge in [-0.1, -0.05) is 35.3 Å². The lowest BCUT2D eigenvalue weighted by Gasteiger charge is -2.11. The van der Waals surface area contributed by atoms with Crippen LogP contribution < -0.4 is 5.56 Å². The van der Waals surface area contributed by atoms with E-state index < -0.39 is 0 Å². The normalized spacial score (nSPS) is 10.7. The average molecular weight is 395 g/mol. The van der Waals surface area contributed by atoms with Gasteiger partial charge in [-0.05, 0) is 42.5 Å². The van der Waals surface area contributed by atoms with Gasteiger partial charge < -0.3 is 0 Å². The van der Waals surface area contributed by atoms with Gasteiger partial charge in [0.15, 0.2) is 0 Å². The molecule has 1 aromatic carbocycles. The van der Waals surface area contributed by atoms with Crippen molar-refractivity contribution in [2.75, 3.05) is 0 Å². The topological polar surface area (TPSA) is 60.7 Å². The lowest BCUT2D eigenvalue weighted by atomic mass is 10.1. The first-order valence-electron chi connectivity index (χ1n) is 8.05. The predicted octanol–water partition coefficient (Wildman–Crippen LogP) is 4.66. The van der Waals surface area contributed by atoms with Gasteiger partial charge in [-0.15, -0.1) is 0 Å². The van der Waals surface area contributed by atoms with Crippen LogP contribution in [0.1, 0.15) is 0 Å². The number of benzene rings is 1. The maximum Gasteiger partial charge on any atom is 0.279 e. The molecule has 5 nitrogen and oxygen atoms in total. The Kier molecular flexibility index (Phi) is 4.71. The molecular formula is C20H12Cl2N4O. The highest BCUT2D eigenvalue weighted by molar-refractivity contribution is 6.42. The Labute approximate surface area is 164 Å². The smallest absolute Gasteiger partial charge is 0.267 e. The summed E-state index contributed by atoms with van der Waals surface area (Å²) >= 11 is 12.1. The highest BCUT2D eigenvalue weighted by atomic mass is 35.5. The molecule has 3 heterocycles. The van der Waals surface area contributed by atoms with Gasteiger partial charge in [-0.2, -0.15) is 9.78 Å². The number of nitrogens with zero attached hydrogens (tertiary/aromatic N) is 4. The van der Waals surface area contributed by atoms with E-state index in [-0.39, 0.29) is 5.56 Å². The third-order valence-corrected chi connectivity index (χ3v) is 4.70. The van der Waals surface area contributed by atoms with Gasteiger partial charge in [0.05, 0.1) is 27.0 Å². The average Bonchev–Trinajstić information content (AvgIpc) is 2.72. The molecule has 0 fully saturated rings. The number of aromatic nitrogens is 4. The molecule has 0 bridgehead atoms. The molecule has 0 amide bonds. The summed E-state index contributed by atoms with van der Waals surface area (Å²) in [6.45, 7) is 0. The quantitative estimate of drug-likeness (QED) is 0.506. The molecule has 0 unspecified atom stereocenters. The van der Waals surface area contributed by atoms with Gasteiger partial charge >= 0.3 is 0 Å². The van der Waals surface area contributed by atoms with Crippen LogP contribution in [0.25, 0.3) is 28.2 Å². The Bertz CT molecular complexity index is 1160. The number of halogens is 2. The second-order valence-electron chi connectivity index (χ2n) is 5.72. The molecule has 0 atom stereocenters. The molecule has 0 N–H and O–H groups in total. The van der Waals surface area contributed by atoms with E-state index in [9.17, 15) is 4.79 Å². The fourth-order valence-electron chi connectivity index (χ4n) is 2.65. The third kappa shape index (κ3) is 3.47. The van der Waals surface area contributed by atoms with Gasteiger partial charge in [-0.25, -0.2) is 0 Å². The summed E-state index contributed by atoms with van der Waals surface area (Å²) in [5.74, 6) is 0. The van der Waals surface area contributed by atoms with Crippen molar-refractivity contribution in [2.45, 2.75) is 0 Å². The van der Waals surface area contributed by atoms with E-state index in [4.69, 9.17) is 23.2 Å². The standard InChI is InChI=1S/C20H12Cl2N4O/c21-16-7-6-14(10-17(16)22)26-20(27)15(13-4-3-8-23-12-13)11-19(25-26)18-5-1-2-9-24-18/h1-12H. The molecule has 0 spiro atoms. The molecule has 4 aromatic rings. The number of rotatable bonds is 3. The Morgan fingerprint density at radius 2 is 1.74 bits per heavy atom. The number of hydrogen-bond acceptors (Lipinski definition) is 4. The van der Waals surface area contributed by atoms with E-state index in [0.717, 1.165) is 0 Å². The van der Waals surface area contributed by atoms with Gasteiger partial charge in [-0.3, -0.25) is 14.8 Å². The van der Waals surface area contributed by atoms with E-state index in [2.05, 4.69) is 15.1 Å². The van der Waals surface area contributed by atoms with Gasteiger partial charge in [0, 0.05) is 24.2 Å². The minimum atomic E-state index is -0.291. The molecule has 0 aliphatic rings. The van der Waals surface area contributed by atoms with Crippen LogP contribution in [0.15, 0.2) is 78.0 Å². The maximum atomic E-state index is 13.1. The first kappa shape index (κ1) is 17.4. The Hall–Kier alpha value is -3.02. The molecule has 0 saturated heterocycles.